The van der Waals surface area contributed by atoms with Gasteiger partial charge in [0.2, 0.25) is 0 Å². The number of aliphatic imine (C=N–C) groups is 1. The van der Waals surface area contributed by atoms with E-state index in [-0.39, 0.29) is 0 Å². The van der Waals surface area contributed by atoms with Crippen LogP contribution in [0.3, 0.4) is 0 Å². The SMILES string of the molecule is CCNC(=NCCSc1ccc(C)cc1)NC1CC=CC1. The molecule has 0 spiro atoms. The predicted octanol–water partition coefficient (Wildman–Crippen LogP) is 3.36. The maximum Gasteiger partial charge on any atom is 0.191 e. The lowest BCUT2D eigenvalue weighted by Gasteiger charge is -2.16. The maximum absolute atomic E-state index is 4.66. The van der Waals surface area contributed by atoms with Crippen molar-refractivity contribution in [3.63, 3.8) is 0 Å². The summed E-state index contributed by atoms with van der Waals surface area (Å²) >= 11 is 1.86. The van der Waals surface area contributed by atoms with Crippen LogP contribution in [-0.4, -0.2) is 30.8 Å². The lowest BCUT2D eigenvalue weighted by Crippen LogP contribution is -2.42. The van der Waals surface area contributed by atoms with Crippen LogP contribution in [0.15, 0.2) is 46.3 Å². The van der Waals surface area contributed by atoms with Crippen LogP contribution >= 0.6 is 11.8 Å². The third-order valence-corrected chi connectivity index (χ3v) is 4.34. The van der Waals surface area contributed by atoms with Crippen molar-refractivity contribution in [2.45, 2.75) is 37.6 Å². The summed E-state index contributed by atoms with van der Waals surface area (Å²) in [6, 6.07) is 9.18. The van der Waals surface area contributed by atoms with Crippen LogP contribution in [0.2, 0.25) is 0 Å². The lowest BCUT2D eigenvalue weighted by atomic mass is 10.2. The first-order valence-corrected chi connectivity index (χ1v) is 8.66. The molecule has 2 rings (SSSR count). The van der Waals surface area contributed by atoms with Crippen molar-refractivity contribution in [1.29, 1.82) is 0 Å². The van der Waals surface area contributed by atoms with Crippen LogP contribution in [0, 0.1) is 6.92 Å². The van der Waals surface area contributed by atoms with Crippen molar-refractivity contribution < 1.29 is 0 Å². The van der Waals surface area contributed by atoms with Gasteiger partial charge in [-0.3, -0.25) is 4.99 Å². The molecule has 2 N–H and O–H groups in total. The van der Waals surface area contributed by atoms with Gasteiger partial charge >= 0.3 is 0 Å². The third kappa shape index (κ3) is 5.84. The van der Waals surface area contributed by atoms with Crippen molar-refractivity contribution in [3.8, 4) is 0 Å². The summed E-state index contributed by atoms with van der Waals surface area (Å²) in [4.78, 5) is 5.97. The number of aryl methyl sites for hydroxylation is 1. The number of hydrogen-bond donors (Lipinski definition) is 2. The smallest absolute Gasteiger partial charge is 0.191 e. The largest absolute Gasteiger partial charge is 0.357 e. The van der Waals surface area contributed by atoms with E-state index in [4.69, 9.17) is 0 Å². The molecular weight excluding hydrogens is 278 g/mol. The number of benzene rings is 1. The van der Waals surface area contributed by atoms with Gasteiger partial charge in [0.25, 0.3) is 0 Å². The Labute approximate surface area is 132 Å². The average Bonchev–Trinajstić information content (AvgIpc) is 2.98. The zero-order chi connectivity index (χ0) is 14.9. The molecule has 0 saturated carbocycles. The molecule has 1 aliphatic rings. The number of nitrogens with zero attached hydrogens (tertiary/aromatic N) is 1. The van der Waals surface area contributed by atoms with Gasteiger partial charge in [0, 0.05) is 23.2 Å². The highest BCUT2D eigenvalue weighted by atomic mass is 32.2. The molecule has 0 unspecified atom stereocenters. The zero-order valence-corrected chi connectivity index (χ0v) is 13.7. The third-order valence-electron chi connectivity index (χ3n) is 3.34. The molecule has 0 fully saturated rings. The van der Waals surface area contributed by atoms with Gasteiger partial charge in [-0.15, -0.1) is 11.8 Å². The minimum atomic E-state index is 0.507. The van der Waals surface area contributed by atoms with Crippen LogP contribution in [0.5, 0.6) is 0 Å². The second-order valence-electron chi connectivity index (χ2n) is 5.21. The summed E-state index contributed by atoms with van der Waals surface area (Å²) in [6.07, 6.45) is 6.66. The summed E-state index contributed by atoms with van der Waals surface area (Å²) in [5.41, 5.74) is 1.31. The summed E-state index contributed by atoms with van der Waals surface area (Å²) in [5, 5.41) is 6.81. The van der Waals surface area contributed by atoms with E-state index in [0.717, 1.165) is 37.6 Å². The normalized spacial score (nSPS) is 15.4. The Bertz CT molecular complexity index is 471. The van der Waals surface area contributed by atoms with Crippen LogP contribution in [0.4, 0.5) is 0 Å². The molecule has 0 saturated heterocycles. The highest BCUT2D eigenvalue weighted by Gasteiger charge is 2.11. The minimum Gasteiger partial charge on any atom is -0.357 e. The number of rotatable bonds is 6. The van der Waals surface area contributed by atoms with Gasteiger partial charge < -0.3 is 10.6 Å². The maximum atomic E-state index is 4.66. The molecular formula is C17H25N3S. The summed E-state index contributed by atoms with van der Waals surface area (Å²) < 4.78 is 0. The van der Waals surface area contributed by atoms with E-state index in [2.05, 4.69) is 65.9 Å². The second kappa shape index (κ2) is 8.78. The summed E-state index contributed by atoms with van der Waals surface area (Å²) in [5.74, 6) is 1.94. The number of hydrogen-bond acceptors (Lipinski definition) is 2. The first-order chi connectivity index (χ1) is 10.3. The molecule has 4 heteroatoms. The van der Waals surface area contributed by atoms with E-state index in [9.17, 15) is 0 Å². The molecule has 21 heavy (non-hydrogen) atoms. The van der Waals surface area contributed by atoms with Crippen molar-refractivity contribution in [3.05, 3.63) is 42.0 Å². The van der Waals surface area contributed by atoms with Gasteiger partial charge in [0.05, 0.1) is 6.54 Å². The Balaban J connectivity index is 1.74. The summed E-state index contributed by atoms with van der Waals surface area (Å²) in [6.45, 7) is 5.95. The van der Waals surface area contributed by atoms with Crippen LogP contribution in [0.1, 0.15) is 25.3 Å². The molecule has 0 bridgehead atoms. The van der Waals surface area contributed by atoms with E-state index in [1.54, 1.807) is 0 Å². The quantitative estimate of drug-likeness (QED) is 0.278. The first kappa shape index (κ1) is 16.0. The fraction of sp³-hybridized carbons (Fsp3) is 0.471. The Morgan fingerprint density at radius 3 is 2.62 bits per heavy atom. The van der Waals surface area contributed by atoms with Gasteiger partial charge in [-0.25, -0.2) is 0 Å². The fourth-order valence-electron chi connectivity index (χ4n) is 2.20. The first-order valence-electron chi connectivity index (χ1n) is 7.67. The number of guanidine groups is 1. The molecule has 1 aromatic rings. The Morgan fingerprint density at radius 1 is 1.24 bits per heavy atom. The molecule has 114 valence electrons. The van der Waals surface area contributed by atoms with Crippen molar-refractivity contribution in [1.82, 2.24) is 10.6 Å². The van der Waals surface area contributed by atoms with Crippen molar-refractivity contribution >= 4 is 17.7 Å². The molecule has 3 nitrogen and oxygen atoms in total. The predicted molar refractivity (Wildman–Crippen MR) is 93.2 cm³/mol. The second-order valence-corrected chi connectivity index (χ2v) is 6.37. The molecule has 0 amide bonds. The number of nitrogens with one attached hydrogen (secondary N) is 2. The molecule has 0 atom stereocenters. The van der Waals surface area contributed by atoms with Gasteiger partial charge in [-0.1, -0.05) is 29.8 Å². The topological polar surface area (TPSA) is 36.4 Å². The Kier molecular flexibility index (Phi) is 6.67. The van der Waals surface area contributed by atoms with Crippen LogP contribution < -0.4 is 10.6 Å². The molecule has 1 aromatic carbocycles. The number of thioether (sulfide) groups is 1. The standard InChI is InChI=1S/C17H25N3S/c1-3-18-17(20-15-6-4-5-7-15)19-12-13-21-16-10-8-14(2)9-11-16/h4-5,8-11,15H,3,6-7,12-13H2,1-2H3,(H2,18,19,20). The van der Waals surface area contributed by atoms with E-state index >= 15 is 0 Å². The van der Waals surface area contributed by atoms with Gasteiger partial charge in [0.15, 0.2) is 5.96 Å². The molecule has 0 heterocycles. The fourth-order valence-corrected chi connectivity index (χ4v) is 2.95. The van der Waals surface area contributed by atoms with Crippen molar-refractivity contribution in [2.75, 3.05) is 18.8 Å². The van der Waals surface area contributed by atoms with Gasteiger partial charge in [-0.2, -0.15) is 0 Å². The van der Waals surface area contributed by atoms with E-state index in [1.165, 1.54) is 10.5 Å². The highest BCUT2D eigenvalue weighted by Crippen LogP contribution is 2.17. The Morgan fingerprint density at radius 2 is 1.95 bits per heavy atom. The molecule has 0 aliphatic heterocycles. The average molecular weight is 303 g/mol. The Hall–Kier alpha value is -1.42. The monoisotopic (exact) mass is 303 g/mol. The molecule has 0 aromatic heterocycles. The van der Waals surface area contributed by atoms with Gasteiger partial charge in [0.1, 0.15) is 0 Å². The van der Waals surface area contributed by atoms with E-state index in [0.29, 0.717) is 6.04 Å². The van der Waals surface area contributed by atoms with Crippen molar-refractivity contribution in [2.24, 2.45) is 4.99 Å². The zero-order valence-electron chi connectivity index (χ0n) is 12.9. The highest BCUT2D eigenvalue weighted by molar-refractivity contribution is 7.99. The van der Waals surface area contributed by atoms with Crippen LogP contribution in [0.25, 0.3) is 0 Å². The van der Waals surface area contributed by atoms with E-state index < -0.39 is 0 Å². The lowest BCUT2D eigenvalue weighted by molar-refractivity contribution is 0.634. The van der Waals surface area contributed by atoms with Crippen LogP contribution in [-0.2, 0) is 0 Å². The minimum absolute atomic E-state index is 0.507. The molecule has 0 radical (unpaired) electrons. The molecule has 1 aliphatic carbocycles. The van der Waals surface area contributed by atoms with Gasteiger partial charge in [-0.05, 0) is 38.8 Å². The van der Waals surface area contributed by atoms with E-state index in [1.807, 2.05) is 11.8 Å². The summed E-state index contributed by atoms with van der Waals surface area (Å²) in [7, 11) is 0.